The van der Waals surface area contributed by atoms with Gasteiger partial charge in [-0.1, -0.05) is 18.2 Å². The molecule has 174 valence electrons. The van der Waals surface area contributed by atoms with Crippen molar-refractivity contribution < 1.29 is 23.2 Å². The summed E-state index contributed by atoms with van der Waals surface area (Å²) in [6.45, 7) is 0. The lowest BCUT2D eigenvalue weighted by atomic mass is 9.92. The number of nitrogens with one attached hydrogen (secondary N) is 1. The fraction of sp³-hybridized carbons (Fsp3) is 0.154. The number of likely N-dealkylation sites (N-methyl/N-ethyl adjacent to an activating group) is 1. The zero-order valence-corrected chi connectivity index (χ0v) is 18.8. The molecule has 35 heavy (non-hydrogen) atoms. The highest BCUT2D eigenvalue weighted by molar-refractivity contribution is 6.48. The second-order valence-corrected chi connectivity index (χ2v) is 8.77. The predicted octanol–water partition coefficient (Wildman–Crippen LogP) is 2.78. The number of hydrogen-bond donors (Lipinski definition) is 1. The summed E-state index contributed by atoms with van der Waals surface area (Å²) >= 11 is 0. The average molecular weight is 470 g/mol. The number of amides is 3. The summed E-state index contributed by atoms with van der Waals surface area (Å²) in [4.78, 5) is 46.9. The molecule has 1 atom stereocenters. The van der Waals surface area contributed by atoms with Gasteiger partial charge in [0.1, 0.15) is 17.4 Å². The van der Waals surface area contributed by atoms with Crippen LogP contribution < -0.4 is 10.2 Å². The van der Waals surface area contributed by atoms with Crippen LogP contribution in [0.2, 0.25) is 0 Å². The number of aliphatic imine (C=N–C) groups is 1. The number of carbonyl (C=O) groups excluding carboxylic acids is 3. The topological polar surface area (TPSA) is 95.2 Å². The maximum Gasteiger partial charge on any atom is 0.261 e. The van der Waals surface area contributed by atoms with Crippen LogP contribution >= 0.6 is 0 Å². The summed E-state index contributed by atoms with van der Waals surface area (Å²) in [6.07, 6.45) is 5.11. The molecule has 1 N–H and O–H groups in total. The predicted molar refractivity (Wildman–Crippen MR) is 127 cm³/mol. The van der Waals surface area contributed by atoms with Crippen molar-refractivity contribution in [3.63, 3.8) is 0 Å². The summed E-state index contributed by atoms with van der Waals surface area (Å²) in [5, 5.41) is 2.80. The molecule has 4 heterocycles. The van der Waals surface area contributed by atoms with Crippen molar-refractivity contribution in [1.29, 1.82) is 0 Å². The van der Waals surface area contributed by atoms with Crippen LogP contribution in [-0.4, -0.2) is 48.5 Å². The number of carbonyl (C=O) groups is 3. The fourth-order valence-corrected chi connectivity index (χ4v) is 5.01. The van der Waals surface area contributed by atoms with Gasteiger partial charge in [-0.2, -0.15) is 0 Å². The lowest BCUT2D eigenvalue weighted by Crippen LogP contribution is -2.42. The van der Waals surface area contributed by atoms with Gasteiger partial charge in [-0.05, 0) is 23.8 Å². The highest BCUT2D eigenvalue weighted by Crippen LogP contribution is 2.41. The minimum absolute atomic E-state index is 0.00781. The first-order valence-electron chi connectivity index (χ1n) is 11.0. The Labute approximate surface area is 199 Å². The van der Waals surface area contributed by atoms with Gasteiger partial charge in [0.05, 0.1) is 28.8 Å². The van der Waals surface area contributed by atoms with Crippen molar-refractivity contribution >= 4 is 45.7 Å². The first kappa shape index (κ1) is 21.0. The van der Waals surface area contributed by atoms with E-state index in [-0.39, 0.29) is 28.3 Å². The van der Waals surface area contributed by atoms with Crippen molar-refractivity contribution in [1.82, 2.24) is 10.2 Å². The third kappa shape index (κ3) is 3.04. The van der Waals surface area contributed by atoms with E-state index in [4.69, 9.17) is 4.42 Å². The fourth-order valence-electron chi connectivity index (χ4n) is 5.01. The van der Waals surface area contributed by atoms with E-state index in [1.165, 1.54) is 24.6 Å². The second kappa shape index (κ2) is 7.49. The Kier molecular flexibility index (Phi) is 4.50. The van der Waals surface area contributed by atoms with E-state index in [9.17, 15) is 18.8 Å². The minimum Gasteiger partial charge on any atom is -0.464 e. The van der Waals surface area contributed by atoms with Crippen molar-refractivity contribution in [2.75, 3.05) is 19.0 Å². The average Bonchev–Trinajstić information content (AvgIpc) is 3.47. The molecular weight excluding hydrogens is 451 g/mol. The smallest absolute Gasteiger partial charge is 0.261 e. The molecule has 0 fully saturated rings. The Hall–Kier alpha value is -4.53. The van der Waals surface area contributed by atoms with Crippen LogP contribution in [0.3, 0.4) is 0 Å². The number of furan rings is 1. The van der Waals surface area contributed by atoms with E-state index >= 15 is 0 Å². The molecular formula is C26H19FN4O4. The summed E-state index contributed by atoms with van der Waals surface area (Å²) in [6, 6.07) is 9.18. The molecule has 8 nitrogen and oxygen atoms in total. The van der Waals surface area contributed by atoms with Crippen molar-refractivity contribution in [3.8, 4) is 0 Å². The molecule has 0 bridgehead atoms. The van der Waals surface area contributed by atoms with Crippen molar-refractivity contribution in [3.05, 3.63) is 83.1 Å². The number of para-hydroxylation sites is 1. The Balaban J connectivity index is 1.58. The van der Waals surface area contributed by atoms with Crippen molar-refractivity contribution in [2.45, 2.75) is 12.5 Å². The second-order valence-electron chi connectivity index (χ2n) is 8.77. The Bertz CT molecular complexity index is 1560. The molecule has 0 saturated carbocycles. The van der Waals surface area contributed by atoms with E-state index in [1.54, 1.807) is 37.3 Å². The molecule has 6 rings (SSSR count). The van der Waals surface area contributed by atoms with Gasteiger partial charge >= 0.3 is 0 Å². The Morgan fingerprint density at radius 3 is 2.74 bits per heavy atom. The maximum atomic E-state index is 14.5. The number of anilines is 1. The van der Waals surface area contributed by atoms with E-state index < -0.39 is 23.7 Å². The number of imide groups is 1. The highest BCUT2D eigenvalue weighted by Gasteiger charge is 2.41. The number of benzene rings is 2. The molecule has 3 aliphatic rings. The number of halogens is 1. The van der Waals surface area contributed by atoms with Crippen LogP contribution in [0, 0.1) is 5.82 Å². The van der Waals surface area contributed by atoms with Crippen LogP contribution in [-0.2, 0) is 20.8 Å². The van der Waals surface area contributed by atoms with Gasteiger partial charge in [0.15, 0.2) is 0 Å². The summed E-state index contributed by atoms with van der Waals surface area (Å²) in [7, 11) is 3.41. The summed E-state index contributed by atoms with van der Waals surface area (Å²) < 4.78 is 20.0. The van der Waals surface area contributed by atoms with Crippen LogP contribution in [0.1, 0.15) is 16.7 Å². The van der Waals surface area contributed by atoms with Gasteiger partial charge in [0.2, 0.25) is 5.91 Å². The SMILES string of the molecule is CN(C)C(=O)C1Cc2cccc3c2N1C=CN=C3C1=C(c2cc(F)cc3ccoc23)C(=O)NC1=O. The van der Waals surface area contributed by atoms with Crippen LogP contribution in [0.5, 0.6) is 0 Å². The first-order valence-corrected chi connectivity index (χ1v) is 11.0. The molecule has 1 aromatic heterocycles. The molecule has 1 unspecified atom stereocenters. The molecule has 0 saturated heterocycles. The van der Waals surface area contributed by atoms with E-state index in [0.29, 0.717) is 23.0 Å². The van der Waals surface area contributed by atoms with Crippen molar-refractivity contribution in [2.24, 2.45) is 4.99 Å². The third-order valence-electron chi connectivity index (χ3n) is 6.49. The number of fused-ring (bicyclic) bond motifs is 1. The number of rotatable bonds is 3. The largest absolute Gasteiger partial charge is 0.464 e. The zero-order chi connectivity index (χ0) is 24.4. The van der Waals surface area contributed by atoms with Gasteiger partial charge in [-0.3, -0.25) is 24.7 Å². The number of hydrogen-bond acceptors (Lipinski definition) is 6. The van der Waals surface area contributed by atoms with Gasteiger partial charge < -0.3 is 14.2 Å². The van der Waals surface area contributed by atoms with E-state index in [1.807, 2.05) is 17.0 Å². The molecule has 9 heteroatoms. The highest BCUT2D eigenvalue weighted by atomic mass is 19.1. The number of nitrogens with zero attached hydrogens (tertiary/aromatic N) is 3. The Morgan fingerprint density at radius 2 is 1.94 bits per heavy atom. The van der Waals surface area contributed by atoms with Gasteiger partial charge in [0.25, 0.3) is 11.8 Å². The minimum atomic E-state index is -0.658. The molecule has 0 radical (unpaired) electrons. The summed E-state index contributed by atoms with van der Waals surface area (Å²) in [5.41, 5.74) is 3.03. The van der Waals surface area contributed by atoms with Gasteiger partial charge in [-0.25, -0.2) is 4.39 Å². The lowest BCUT2D eigenvalue weighted by Gasteiger charge is -2.25. The first-order chi connectivity index (χ1) is 16.8. The molecule has 0 aliphatic carbocycles. The molecule has 3 aliphatic heterocycles. The molecule has 3 aromatic rings. The summed E-state index contributed by atoms with van der Waals surface area (Å²) in [5.74, 6) is -1.92. The monoisotopic (exact) mass is 470 g/mol. The van der Waals surface area contributed by atoms with Crippen LogP contribution in [0.25, 0.3) is 16.5 Å². The van der Waals surface area contributed by atoms with Gasteiger partial charge in [0, 0.05) is 49.4 Å². The Morgan fingerprint density at radius 1 is 1.14 bits per heavy atom. The van der Waals surface area contributed by atoms with E-state index in [2.05, 4.69) is 10.3 Å². The maximum absolute atomic E-state index is 14.5. The van der Waals surface area contributed by atoms with E-state index in [0.717, 1.165) is 11.3 Å². The standard InChI is InChI=1S/C26H19FN4O4/c1-30(2)26(34)18-11-13-4-3-5-16-21(28-7-8-31(18)22(13)16)20-19(24(32)29-25(20)33)17-12-15(27)10-14-6-9-35-23(14)17/h3-10,12,18H,11H2,1-2H3,(H,29,32,33). The molecule has 3 amide bonds. The normalized spacial score (nSPS) is 18.7. The zero-order valence-electron chi connectivity index (χ0n) is 18.8. The van der Waals surface area contributed by atoms with Crippen LogP contribution in [0.4, 0.5) is 10.1 Å². The third-order valence-corrected chi connectivity index (χ3v) is 6.49. The quantitative estimate of drug-likeness (QED) is 0.594. The molecule has 2 aromatic carbocycles. The molecule has 0 spiro atoms. The lowest BCUT2D eigenvalue weighted by molar-refractivity contribution is -0.130. The van der Waals surface area contributed by atoms with Crippen LogP contribution in [0.15, 0.2) is 70.0 Å². The van der Waals surface area contributed by atoms with Gasteiger partial charge in [-0.15, -0.1) is 0 Å².